The molecule has 1 saturated heterocycles. The van der Waals surface area contributed by atoms with Gasteiger partial charge >= 0.3 is 0 Å². The van der Waals surface area contributed by atoms with Crippen molar-refractivity contribution in [1.82, 2.24) is 30.4 Å². The van der Waals surface area contributed by atoms with Gasteiger partial charge in [-0.15, -0.1) is 0 Å². The smallest absolute Gasteiger partial charge is 0.226 e. The van der Waals surface area contributed by atoms with Crippen LogP contribution in [0.2, 0.25) is 0 Å². The maximum atomic E-state index is 12.7. The van der Waals surface area contributed by atoms with Crippen LogP contribution in [0.15, 0.2) is 67.1 Å². The van der Waals surface area contributed by atoms with E-state index in [1.807, 2.05) is 42.1 Å². The third-order valence-corrected chi connectivity index (χ3v) is 5.96. The van der Waals surface area contributed by atoms with Crippen LogP contribution in [-0.2, 0) is 11.2 Å². The molecule has 2 N–H and O–H groups in total. The third kappa shape index (κ3) is 4.38. The number of piperidine rings is 1. The summed E-state index contributed by atoms with van der Waals surface area (Å²) in [6.45, 7) is 3.68. The van der Waals surface area contributed by atoms with Gasteiger partial charge in [-0.2, -0.15) is 5.10 Å². The third-order valence-electron chi connectivity index (χ3n) is 5.96. The first-order valence-electron chi connectivity index (χ1n) is 11.0. The lowest BCUT2D eigenvalue weighted by molar-refractivity contribution is -0.121. The van der Waals surface area contributed by atoms with E-state index in [2.05, 4.69) is 50.0 Å². The first kappa shape index (κ1) is 20.3. The second kappa shape index (κ2) is 8.88. The molecule has 4 aromatic rings. The first-order valence-corrected chi connectivity index (χ1v) is 11.0. The van der Waals surface area contributed by atoms with Crippen molar-refractivity contribution in [3.63, 3.8) is 0 Å². The minimum absolute atomic E-state index is 0.00508. The number of pyridine rings is 2. The number of fused-ring (bicyclic) bond motifs is 1. The Morgan fingerprint density at radius 2 is 2.00 bits per heavy atom. The standard InChI is InChI=1S/C25H26N6O/c1-17-9-23(7-8-27-17)31-24-16-28-21(11-20(24)14-29-31)12-25(32)30-22-10-19(13-26-15-22)18-5-3-2-4-6-18/h2-9,11,14,16,19,22,26H,10,12-13,15H2,1H3,(H,30,32). The van der Waals surface area contributed by atoms with Gasteiger partial charge in [0, 0.05) is 36.4 Å². The number of benzene rings is 1. The molecule has 0 spiro atoms. The Bertz CT molecular complexity index is 1240. The van der Waals surface area contributed by atoms with Gasteiger partial charge in [0.25, 0.3) is 0 Å². The van der Waals surface area contributed by atoms with E-state index in [0.717, 1.165) is 47.5 Å². The summed E-state index contributed by atoms with van der Waals surface area (Å²) in [6, 6.07) is 16.4. The van der Waals surface area contributed by atoms with E-state index < -0.39 is 0 Å². The maximum absolute atomic E-state index is 12.7. The van der Waals surface area contributed by atoms with Gasteiger partial charge in [0.2, 0.25) is 5.91 Å². The van der Waals surface area contributed by atoms with E-state index in [-0.39, 0.29) is 18.4 Å². The van der Waals surface area contributed by atoms with Crippen LogP contribution in [0.25, 0.3) is 16.6 Å². The van der Waals surface area contributed by atoms with Crippen LogP contribution in [0.3, 0.4) is 0 Å². The molecule has 1 amide bonds. The average Bonchev–Trinajstić information content (AvgIpc) is 3.23. The van der Waals surface area contributed by atoms with E-state index in [1.54, 1.807) is 12.4 Å². The normalized spacial score (nSPS) is 18.5. The number of hydrogen-bond donors (Lipinski definition) is 2. The SMILES string of the molecule is Cc1cc(-n2ncc3cc(CC(=O)NC4CNCC(c5ccccc5)C4)ncc32)ccn1. The van der Waals surface area contributed by atoms with Gasteiger partial charge in [-0.1, -0.05) is 30.3 Å². The molecule has 0 bridgehead atoms. The number of hydrogen-bond acceptors (Lipinski definition) is 5. The monoisotopic (exact) mass is 426 g/mol. The quantitative estimate of drug-likeness (QED) is 0.513. The highest BCUT2D eigenvalue weighted by Crippen LogP contribution is 2.23. The van der Waals surface area contributed by atoms with Crippen molar-refractivity contribution in [2.45, 2.75) is 31.7 Å². The molecule has 7 heteroatoms. The molecule has 0 radical (unpaired) electrons. The largest absolute Gasteiger partial charge is 0.352 e. The van der Waals surface area contributed by atoms with Crippen molar-refractivity contribution in [2.75, 3.05) is 13.1 Å². The highest BCUT2D eigenvalue weighted by Gasteiger charge is 2.24. The fraction of sp³-hybridized carbons (Fsp3) is 0.280. The molecule has 162 valence electrons. The minimum Gasteiger partial charge on any atom is -0.352 e. The molecule has 1 aliphatic rings. The number of carbonyl (C=O) groups excluding carboxylic acids is 1. The highest BCUT2D eigenvalue weighted by atomic mass is 16.1. The Morgan fingerprint density at radius 3 is 2.84 bits per heavy atom. The van der Waals surface area contributed by atoms with Gasteiger partial charge in [0.05, 0.1) is 35.7 Å². The molecular weight excluding hydrogens is 400 g/mol. The van der Waals surface area contributed by atoms with E-state index in [9.17, 15) is 4.79 Å². The summed E-state index contributed by atoms with van der Waals surface area (Å²) in [7, 11) is 0. The molecule has 7 nitrogen and oxygen atoms in total. The van der Waals surface area contributed by atoms with Crippen LogP contribution in [0.1, 0.15) is 29.3 Å². The van der Waals surface area contributed by atoms with Gasteiger partial charge < -0.3 is 10.6 Å². The Kier molecular flexibility index (Phi) is 5.64. The summed E-state index contributed by atoms with van der Waals surface area (Å²) >= 11 is 0. The molecule has 2 unspecified atom stereocenters. The van der Waals surface area contributed by atoms with Crippen LogP contribution in [0.5, 0.6) is 0 Å². The van der Waals surface area contributed by atoms with Crippen molar-refractivity contribution < 1.29 is 4.79 Å². The predicted octanol–water partition coefficient (Wildman–Crippen LogP) is 2.93. The Morgan fingerprint density at radius 1 is 1.12 bits per heavy atom. The van der Waals surface area contributed by atoms with Crippen molar-refractivity contribution in [2.24, 2.45) is 0 Å². The second-order valence-electron chi connectivity index (χ2n) is 8.39. The molecular formula is C25H26N6O. The van der Waals surface area contributed by atoms with E-state index in [0.29, 0.717) is 5.92 Å². The summed E-state index contributed by atoms with van der Waals surface area (Å²) < 4.78 is 1.85. The first-order chi connectivity index (χ1) is 15.7. The predicted molar refractivity (Wildman–Crippen MR) is 124 cm³/mol. The summed E-state index contributed by atoms with van der Waals surface area (Å²) in [5.74, 6) is 0.405. The van der Waals surface area contributed by atoms with Crippen molar-refractivity contribution >= 4 is 16.8 Å². The minimum atomic E-state index is -0.00508. The van der Waals surface area contributed by atoms with Gasteiger partial charge in [-0.3, -0.25) is 14.8 Å². The number of aryl methyl sites for hydroxylation is 1. The molecule has 1 aromatic carbocycles. The zero-order valence-electron chi connectivity index (χ0n) is 18.0. The van der Waals surface area contributed by atoms with Gasteiger partial charge in [0.15, 0.2) is 0 Å². The fourth-order valence-corrected chi connectivity index (χ4v) is 4.41. The molecule has 3 aromatic heterocycles. The molecule has 4 heterocycles. The van der Waals surface area contributed by atoms with Gasteiger partial charge in [0.1, 0.15) is 0 Å². The molecule has 5 rings (SSSR count). The maximum Gasteiger partial charge on any atom is 0.226 e. The number of nitrogens with one attached hydrogen (secondary N) is 2. The summed E-state index contributed by atoms with van der Waals surface area (Å²) in [6.07, 6.45) is 6.56. The Labute approximate surface area is 186 Å². The number of aromatic nitrogens is 4. The van der Waals surface area contributed by atoms with Crippen molar-refractivity contribution in [3.05, 3.63) is 84.1 Å². The van der Waals surface area contributed by atoms with Crippen LogP contribution in [-0.4, -0.2) is 44.8 Å². The fourth-order valence-electron chi connectivity index (χ4n) is 4.41. The van der Waals surface area contributed by atoms with E-state index >= 15 is 0 Å². The van der Waals surface area contributed by atoms with Crippen LogP contribution < -0.4 is 10.6 Å². The number of nitrogens with zero attached hydrogens (tertiary/aromatic N) is 4. The lowest BCUT2D eigenvalue weighted by Crippen LogP contribution is -2.48. The molecule has 0 saturated carbocycles. The van der Waals surface area contributed by atoms with Crippen molar-refractivity contribution in [1.29, 1.82) is 0 Å². The molecule has 2 atom stereocenters. The molecule has 1 aliphatic heterocycles. The van der Waals surface area contributed by atoms with Crippen LogP contribution in [0, 0.1) is 6.92 Å². The topological polar surface area (TPSA) is 84.7 Å². The second-order valence-corrected chi connectivity index (χ2v) is 8.39. The highest BCUT2D eigenvalue weighted by molar-refractivity contribution is 5.83. The Hall–Kier alpha value is -3.58. The number of rotatable bonds is 5. The van der Waals surface area contributed by atoms with Gasteiger partial charge in [-0.25, -0.2) is 4.68 Å². The molecule has 1 fully saturated rings. The van der Waals surface area contributed by atoms with Crippen LogP contribution >= 0.6 is 0 Å². The molecule has 32 heavy (non-hydrogen) atoms. The lowest BCUT2D eigenvalue weighted by Gasteiger charge is -2.31. The summed E-state index contributed by atoms with van der Waals surface area (Å²) in [4.78, 5) is 21.5. The average molecular weight is 427 g/mol. The van der Waals surface area contributed by atoms with Crippen molar-refractivity contribution in [3.8, 4) is 5.69 Å². The van der Waals surface area contributed by atoms with E-state index in [1.165, 1.54) is 5.56 Å². The lowest BCUT2D eigenvalue weighted by atomic mass is 9.89. The number of carbonyl (C=O) groups is 1. The Balaban J connectivity index is 1.25. The zero-order chi connectivity index (χ0) is 21.9. The van der Waals surface area contributed by atoms with E-state index in [4.69, 9.17) is 0 Å². The summed E-state index contributed by atoms with van der Waals surface area (Å²) in [5.41, 5.74) is 4.83. The van der Waals surface area contributed by atoms with Gasteiger partial charge in [-0.05, 0) is 43.0 Å². The zero-order valence-corrected chi connectivity index (χ0v) is 18.0. The summed E-state index contributed by atoms with van der Waals surface area (Å²) in [5, 5.41) is 12.1. The number of amides is 1. The molecule has 0 aliphatic carbocycles. The van der Waals surface area contributed by atoms with Crippen LogP contribution in [0.4, 0.5) is 0 Å².